The molecule has 1 N–H and O–H groups in total. The summed E-state index contributed by atoms with van der Waals surface area (Å²) in [5.74, 6) is -1.30. The van der Waals surface area contributed by atoms with E-state index >= 15 is 0 Å². The monoisotopic (exact) mass is 292 g/mol. The van der Waals surface area contributed by atoms with Crippen LogP contribution in [-0.4, -0.2) is 4.92 Å². The average molecular weight is 292 g/mol. The molecule has 0 bridgehead atoms. The first kappa shape index (κ1) is 15.1. The fourth-order valence-electron chi connectivity index (χ4n) is 2.04. The Balaban J connectivity index is 2.11. The smallest absolute Gasteiger partial charge is 0.273 e. The van der Waals surface area contributed by atoms with Crippen molar-refractivity contribution in [1.29, 1.82) is 0 Å². The Hall–Kier alpha value is -2.34. The lowest BCUT2D eigenvalue weighted by Gasteiger charge is -2.14. The Bertz CT molecular complexity index is 642. The molecular formula is C15H14F2N2O2. The Labute approximate surface area is 120 Å². The third-order valence-corrected chi connectivity index (χ3v) is 3.17. The van der Waals surface area contributed by atoms with E-state index < -0.39 is 16.6 Å². The topological polar surface area (TPSA) is 55.2 Å². The van der Waals surface area contributed by atoms with Gasteiger partial charge in [0, 0.05) is 30.3 Å². The Morgan fingerprint density at radius 2 is 1.81 bits per heavy atom. The molecule has 21 heavy (non-hydrogen) atoms. The van der Waals surface area contributed by atoms with Crippen LogP contribution in [0.2, 0.25) is 0 Å². The second-order valence-corrected chi connectivity index (χ2v) is 4.69. The molecule has 0 aliphatic heterocycles. The standard InChI is InChI=1S/C15H14F2N2O2/c1-10(12-6-13(16)8-14(17)7-12)18-9-11-4-2-3-5-15(11)19(20)21/h2-8,10,18H,9H2,1H3. The molecule has 0 heterocycles. The molecule has 2 rings (SSSR count). The maximum absolute atomic E-state index is 13.2. The van der Waals surface area contributed by atoms with E-state index in [4.69, 9.17) is 0 Å². The van der Waals surface area contributed by atoms with Crippen LogP contribution in [0.15, 0.2) is 42.5 Å². The third kappa shape index (κ3) is 3.82. The maximum atomic E-state index is 13.2. The molecule has 0 saturated carbocycles. The molecule has 110 valence electrons. The van der Waals surface area contributed by atoms with Gasteiger partial charge in [0.1, 0.15) is 11.6 Å². The summed E-state index contributed by atoms with van der Waals surface area (Å²) in [6.45, 7) is 1.97. The predicted molar refractivity (Wildman–Crippen MR) is 74.7 cm³/mol. The van der Waals surface area contributed by atoms with Crippen LogP contribution in [0.25, 0.3) is 0 Å². The molecule has 0 aliphatic rings. The second-order valence-electron chi connectivity index (χ2n) is 4.69. The van der Waals surface area contributed by atoms with Gasteiger partial charge < -0.3 is 5.32 Å². The summed E-state index contributed by atoms with van der Waals surface area (Å²) in [5.41, 5.74) is 0.986. The molecule has 2 aromatic carbocycles. The van der Waals surface area contributed by atoms with E-state index in [-0.39, 0.29) is 18.3 Å². The first-order chi connectivity index (χ1) is 9.97. The highest BCUT2D eigenvalue weighted by Crippen LogP contribution is 2.20. The number of rotatable bonds is 5. The number of hydrogen-bond acceptors (Lipinski definition) is 3. The van der Waals surface area contributed by atoms with Gasteiger partial charge in [-0.25, -0.2) is 8.78 Å². The summed E-state index contributed by atoms with van der Waals surface area (Å²) in [6, 6.07) is 9.30. The molecule has 4 nitrogen and oxygen atoms in total. The van der Waals surface area contributed by atoms with Crippen LogP contribution in [0.5, 0.6) is 0 Å². The maximum Gasteiger partial charge on any atom is 0.273 e. The van der Waals surface area contributed by atoms with Gasteiger partial charge in [0.2, 0.25) is 0 Å². The van der Waals surface area contributed by atoms with Crippen LogP contribution in [-0.2, 0) is 6.54 Å². The van der Waals surface area contributed by atoms with E-state index in [1.807, 2.05) is 0 Å². The lowest BCUT2D eigenvalue weighted by atomic mass is 10.1. The molecule has 6 heteroatoms. The molecule has 0 aliphatic carbocycles. The highest BCUT2D eigenvalue weighted by Gasteiger charge is 2.14. The summed E-state index contributed by atoms with van der Waals surface area (Å²) in [5, 5.41) is 13.9. The molecule has 1 atom stereocenters. The summed E-state index contributed by atoms with van der Waals surface area (Å²) < 4.78 is 26.3. The zero-order valence-corrected chi connectivity index (χ0v) is 11.3. The molecule has 0 saturated heterocycles. The Morgan fingerprint density at radius 3 is 2.43 bits per heavy atom. The normalized spacial score (nSPS) is 12.1. The van der Waals surface area contributed by atoms with Crippen LogP contribution in [0.1, 0.15) is 24.1 Å². The van der Waals surface area contributed by atoms with E-state index in [0.717, 1.165) is 6.07 Å². The van der Waals surface area contributed by atoms with Gasteiger partial charge in [-0.3, -0.25) is 10.1 Å². The number of nitro benzene ring substituents is 1. The number of hydrogen-bond donors (Lipinski definition) is 1. The van der Waals surface area contributed by atoms with E-state index in [2.05, 4.69) is 5.32 Å². The van der Waals surface area contributed by atoms with Crippen molar-refractivity contribution >= 4 is 5.69 Å². The van der Waals surface area contributed by atoms with Gasteiger partial charge in [-0.1, -0.05) is 18.2 Å². The van der Waals surface area contributed by atoms with Crippen molar-refractivity contribution in [2.24, 2.45) is 0 Å². The second kappa shape index (κ2) is 6.41. The molecule has 1 unspecified atom stereocenters. The van der Waals surface area contributed by atoms with Crippen LogP contribution in [0.3, 0.4) is 0 Å². The van der Waals surface area contributed by atoms with Crippen molar-refractivity contribution in [3.63, 3.8) is 0 Å². The minimum absolute atomic E-state index is 0.0163. The molecule has 0 spiro atoms. The van der Waals surface area contributed by atoms with Gasteiger partial charge in [0.05, 0.1) is 4.92 Å². The molecule has 0 amide bonds. The molecule has 0 aromatic heterocycles. The number of benzene rings is 2. The van der Waals surface area contributed by atoms with E-state index in [0.29, 0.717) is 11.1 Å². The van der Waals surface area contributed by atoms with Gasteiger partial charge in [0.15, 0.2) is 0 Å². The molecule has 0 radical (unpaired) electrons. The lowest BCUT2D eigenvalue weighted by Crippen LogP contribution is -2.19. The van der Waals surface area contributed by atoms with Gasteiger partial charge in [-0.2, -0.15) is 0 Å². The average Bonchev–Trinajstić information content (AvgIpc) is 2.43. The fourth-order valence-corrected chi connectivity index (χ4v) is 2.04. The lowest BCUT2D eigenvalue weighted by molar-refractivity contribution is -0.385. The first-order valence-corrected chi connectivity index (χ1v) is 6.39. The Morgan fingerprint density at radius 1 is 1.19 bits per heavy atom. The summed E-state index contributed by atoms with van der Waals surface area (Å²) in [7, 11) is 0. The number of halogens is 2. The zero-order chi connectivity index (χ0) is 15.4. The van der Waals surface area contributed by atoms with Gasteiger partial charge in [-0.05, 0) is 24.6 Å². The largest absolute Gasteiger partial charge is 0.306 e. The first-order valence-electron chi connectivity index (χ1n) is 6.39. The fraction of sp³-hybridized carbons (Fsp3) is 0.200. The van der Waals surface area contributed by atoms with Gasteiger partial charge in [0.25, 0.3) is 5.69 Å². The SMILES string of the molecule is CC(NCc1ccccc1[N+](=O)[O-])c1cc(F)cc(F)c1. The van der Waals surface area contributed by atoms with E-state index in [1.165, 1.54) is 18.2 Å². The predicted octanol–water partition coefficient (Wildman–Crippen LogP) is 3.72. The van der Waals surface area contributed by atoms with Crippen LogP contribution in [0.4, 0.5) is 14.5 Å². The molecule has 0 fully saturated rings. The van der Waals surface area contributed by atoms with E-state index in [9.17, 15) is 18.9 Å². The van der Waals surface area contributed by atoms with Crippen molar-refractivity contribution in [2.75, 3.05) is 0 Å². The van der Waals surface area contributed by atoms with Crippen molar-refractivity contribution in [1.82, 2.24) is 5.32 Å². The van der Waals surface area contributed by atoms with Crippen molar-refractivity contribution in [2.45, 2.75) is 19.5 Å². The third-order valence-electron chi connectivity index (χ3n) is 3.17. The summed E-state index contributed by atoms with van der Waals surface area (Å²) in [4.78, 5) is 10.4. The highest BCUT2D eigenvalue weighted by molar-refractivity contribution is 5.39. The van der Waals surface area contributed by atoms with Crippen LogP contribution >= 0.6 is 0 Å². The van der Waals surface area contributed by atoms with Crippen LogP contribution in [0, 0.1) is 21.7 Å². The molecular weight excluding hydrogens is 278 g/mol. The summed E-state index contributed by atoms with van der Waals surface area (Å²) >= 11 is 0. The minimum Gasteiger partial charge on any atom is -0.306 e. The minimum atomic E-state index is -0.649. The molecule has 2 aromatic rings. The number of para-hydroxylation sites is 1. The van der Waals surface area contributed by atoms with Gasteiger partial charge >= 0.3 is 0 Å². The van der Waals surface area contributed by atoms with Crippen molar-refractivity contribution < 1.29 is 13.7 Å². The Kier molecular flexibility index (Phi) is 4.59. The van der Waals surface area contributed by atoms with Crippen molar-refractivity contribution in [3.8, 4) is 0 Å². The number of nitro groups is 1. The number of nitrogens with one attached hydrogen (secondary N) is 1. The summed E-state index contributed by atoms with van der Waals surface area (Å²) in [6.07, 6.45) is 0. The quantitative estimate of drug-likeness (QED) is 0.675. The zero-order valence-electron chi connectivity index (χ0n) is 11.3. The highest BCUT2D eigenvalue weighted by atomic mass is 19.1. The number of nitrogens with zero attached hydrogens (tertiary/aromatic N) is 1. The van der Waals surface area contributed by atoms with E-state index in [1.54, 1.807) is 25.1 Å². The van der Waals surface area contributed by atoms with Gasteiger partial charge in [-0.15, -0.1) is 0 Å². The van der Waals surface area contributed by atoms with Crippen molar-refractivity contribution in [3.05, 3.63) is 75.3 Å². The van der Waals surface area contributed by atoms with Crippen LogP contribution < -0.4 is 5.32 Å².